The largest absolute Gasteiger partial charge is 0.463 e. The van der Waals surface area contributed by atoms with Crippen LogP contribution in [-0.2, 0) is 39.6 Å². The maximum Gasteiger partial charge on any atom is 0.311 e. The van der Waals surface area contributed by atoms with Gasteiger partial charge in [-0.2, -0.15) is 0 Å². The van der Waals surface area contributed by atoms with Gasteiger partial charge in [0, 0.05) is 31.2 Å². The first-order valence-electron chi connectivity index (χ1n) is 17.6. The van der Waals surface area contributed by atoms with Crippen molar-refractivity contribution in [3.63, 3.8) is 0 Å². The Morgan fingerprint density at radius 1 is 0.854 bits per heavy atom. The number of hydrogen-bond acceptors (Lipinski definition) is 8. The second-order valence-electron chi connectivity index (χ2n) is 15.2. The van der Waals surface area contributed by atoms with E-state index in [9.17, 15) is 14.7 Å². The third-order valence-corrected chi connectivity index (χ3v) is 15.3. The predicted octanol–water partition coefficient (Wildman–Crippen LogP) is 8.33. The van der Waals surface area contributed by atoms with Crippen LogP contribution < -0.4 is 0 Å². The van der Waals surface area contributed by atoms with Gasteiger partial charge in [0.1, 0.15) is 12.4 Å². The Kier molecular flexibility index (Phi) is 15.5. The number of carbonyl (C=O) groups excluding carboxylic acids is 2. The summed E-state index contributed by atoms with van der Waals surface area (Å²) in [6, 6.07) is 19.5. The summed E-state index contributed by atoms with van der Waals surface area (Å²) in [5.74, 6) is -0.526. The molecule has 48 heavy (non-hydrogen) atoms. The van der Waals surface area contributed by atoms with E-state index in [0.717, 1.165) is 11.1 Å². The normalized spacial score (nSPS) is 20.2. The molecule has 1 unspecified atom stereocenters. The average Bonchev–Trinajstić information content (AvgIpc) is 3.02. The van der Waals surface area contributed by atoms with E-state index in [1.807, 2.05) is 60.7 Å². The van der Waals surface area contributed by atoms with E-state index in [2.05, 4.69) is 41.5 Å². The molecule has 1 aliphatic heterocycles. The molecule has 268 valence electrons. The molecule has 5 atom stereocenters. The molecule has 3 rings (SSSR count). The zero-order valence-corrected chi connectivity index (χ0v) is 31.6. The Balaban J connectivity index is 1.66. The molecule has 1 fully saturated rings. The smallest absolute Gasteiger partial charge is 0.311 e. The van der Waals surface area contributed by atoms with E-state index < -0.39 is 32.2 Å². The predicted molar refractivity (Wildman–Crippen MR) is 191 cm³/mol. The third kappa shape index (κ3) is 11.9. The number of hydrogen-bond donors (Lipinski definition) is 1. The summed E-state index contributed by atoms with van der Waals surface area (Å²) in [6.07, 6.45) is -1.88. The van der Waals surface area contributed by atoms with Gasteiger partial charge >= 0.3 is 5.97 Å². The number of carbonyl (C=O) groups is 2. The highest BCUT2D eigenvalue weighted by Crippen LogP contribution is 2.43. The van der Waals surface area contributed by atoms with Crippen LogP contribution in [0, 0.1) is 5.41 Å². The average molecular weight is 685 g/mol. The highest BCUT2D eigenvalue weighted by molar-refractivity contribution is 6.77. The SMILES string of the molecule is CC(C)[Si](OC[C@H]1C[C@@H](CC(O)CC(=O)C[C@@H](COC(=O)C(C)(C)C)OCc2ccccc2)O[C@@H](c2ccccc2)O1)(C(C)C)C(C)C. The van der Waals surface area contributed by atoms with Gasteiger partial charge in [-0.25, -0.2) is 0 Å². The summed E-state index contributed by atoms with van der Waals surface area (Å²) >= 11 is 0. The van der Waals surface area contributed by atoms with Crippen LogP contribution >= 0.6 is 0 Å². The molecule has 0 spiro atoms. The molecule has 2 aromatic rings. The molecule has 9 heteroatoms. The number of rotatable bonds is 18. The molecule has 1 N–H and O–H groups in total. The molecule has 1 saturated heterocycles. The minimum atomic E-state index is -2.12. The van der Waals surface area contributed by atoms with Gasteiger partial charge in [-0.3, -0.25) is 9.59 Å². The molecular weight excluding hydrogens is 625 g/mol. The lowest BCUT2D eigenvalue weighted by molar-refractivity contribution is -0.256. The van der Waals surface area contributed by atoms with Crippen molar-refractivity contribution in [1.29, 1.82) is 0 Å². The van der Waals surface area contributed by atoms with Gasteiger partial charge in [0.15, 0.2) is 14.6 Å². The van der Waals surface area contributed by atoms with Crippen LogP contribution in [0.1, 0.15) is 105 Å². The maximum atomic E-state index is 13.3. The van der Waals surface area contributed by atoms with Gasteiger partial charge in [-0.05, 0) is 43.0 Å². The minimum Gasteiger partial charge on any atom is -0.463 e. The summed E-state index contributed by atoms with van der Waals surface area (Å²) in [6.45, 7) is 19.7. The van der Waals surface area contributed by atoms with E-state index in [4.69, 9.17) is 23.4 Å². The Hall–Kier alpha value is -2.40. The molecular formula is C39H60O8Si. The summed E-state index contributed by atoms with van der Waals surface area (Å²) in [5, 5.41) is 11.1. The third-order valence-electron chi connectivity index (χ3n) is 9.25. The molecule has 0 aromatic heterocycles. The topological polar surface area (TPSA) is 101 Å². The molecule has 8 nitrogen and oxygen atoms in total. The molecule has 0 saturated carbocycles. The first kappa shape index (κ1) is 40.0. The van der Waals surface area contributed by atoms with Crippen molar-refractivity contribution in [2.24, 2.45) is 5.41 Å². The summed E-state index contributed by atoms with van der Waals surface area (Å²) in [4.78, 5) is 25.7. The molecule has 1 aliphatic rings. The number of ketones is 1. The van der Waals surface area contributed by atoms with E-state index in [1.165, 1.54) is 0 Å². The fraction of sp³-hybridized carbons (Fsp3) is 0.641. The number of aliphatic hydroxyl groups excluding tert-OH is 1. The Bertz CT molecular complexity index is 1220. The highest BCUT2D eigenvalue weighted by atomic mass is 28.4. The van der Waals surface area contributed by atoms with Gasteiger partial charge < -0.3 is 28.5 Å². The van der Waals surface area contributed by atoms with Crippen molar-refractivity contribution in [1.82, 2.24) is 0 Å². The standard InChI is InChI=1S/C39H60O8Si/c1-27(2)48(28(3)4,29(5)6)45-26-36-23-34(46-37(47-36)31-18-14-11-15-19-31)21-32(40)20-33(41)22-35(25-44-38(42)39(7,8)9)43-24-30-16-12-10-13-17-30/h10-19,27-29,32,34-37,40H,20-26H2,1-9H3/t32?,34-,35+,36-,37-/m1/s1. The quantitative estimate of drug-likeness (QED) is 0.124. The zero-order chi connectivity index (χ0) is 35.5. The fourth-order valence-electron chi connectivity index (χ4n) is 6.88. The van der Waals surface area contributed by atoms with E-state index in [1.54, 1.807) is 20.8 Å². The summed E-state index contributed by atoms with van der Waals surface area (Å²) in [5.41, 5.74) is 2.53. The lowest BCUT2D eigenvalue weighted by Crippen LogP contribution is -2.50. The van der Waals surface area contributed by atoms with Crippen LogP contribution in [0.25, 0.3) is 0 Å². The number of benzene rings is 2. The summed E-state index contributed by atoms with van der Waals surface area (Å²) in [7, 11) is -2.12. The lowest BCUT2D eigenvalue weighted by Gasteiger charge is -2.44. The lowest BCUT2D eigenvalue weighted by atomic mass is 9.97. The second-order valence-corrected chi connectivity index (χ2v) is 20.7. The number of aliphatic hydroxyl groups is 1. The first-order chi connectivity index (χ1) is 22.6. The Morgan fingerprint density at radius 3 is 1.98 bits per heavy atom. The fourth-order valence-corrected chi connectivity index (χ4v) is 12.4. The monoisotopic (exact) mass is 684 g/mol. The highest BCUT2D eigenvalue weighted by Gasteiger charge is 2.46. The zero-order valence-electron chi connectivity index (χ0n) is 30.6. The van der Waals surface area contributed by atoms with E-state index in [0.29, 0.717) is 29.7 Å². The molecule has 2 aromatic carbocycles. The van der Waals surface area contributed by atoms with Crippen molar-refractivity contribution >= 4 is 20.1 Å². The van der Waals surface area contributed by atoms with Crippen LogP contribution in [0.2, 0.25) is 16.6 Å². The van der Waals surface area contributed by atoms with Gasteiger partial charge in [-0.1, -0.05) is 102 Å². The molecule has 0 bridgehead atoms. The molecule has 0 aliphatic carbocycles. The van der Waals surface area contributed by atoms with E-state index >= 15 is 0 Å². The second kappa shape index (κ2) is 18.6. The van der Waals surface area contributed by atoms with Crippen LogP contribution in [0.4, 0.5) is 0 Å². The van der Waals surface area contributed by atoms with Crippen molar-refractivity contribution in [2.75, 3.05) is 13.2 Å². The molecule has 0 amide bonds. The van der Waals surface area contributed by atoms with Crippen molar-refractivity contribution in [3.05, 3.63) is 71.8 Å². The van der Waals surface area contributed by atoms with Crippen molar-refractivity contribution in [3.8, 4) is 0 Å². The Morgan fingerprint density at radius 2 is 1.42 bits per heavy atom. The number of Topliss-reactive ketones (excluding diaryl/α,β-unsaturated/α-hetero) is 1. The Labute approximate surface area is 290 Å². The van der Waals surface area contributed by atoms with Crippen molar-refractivity contribution < 1.29 is 38.1 Å². The van der Waals surface area contributed by atoms with E-state index in [-0.39, 0.29) is 56.4 Å². The van der Waals surface area contributed by atoms with Crippen LogP contribution in [-0.4, -0.2) is 62.8 Å². The molecule has 1 heterocycles. The first-order valence-corrected chi connectivity index (χ1v) is 19.8. The summed E-state index contributed by atoms with van der Waals surface area (Å²) < 4.78 is 31.3. The number of ether oxygens (including phenoxy) is 4. The van der Waals surface area contributed by atoms with Crippen LogP contribution in [0.5, 0.6) is 0 Å². The maximum absolute atomic E-state index is 13.3. The number of esters is 1. The van der Waals surface area contributed by atoms with Gasteiger partial charge in [0.25, 0.3) is 0 Å². The minimum absolute atomic E-state index is 0.0192. The van der Waals surface area contributed by atoms with Crippen molar-refractivity contribution in [2.45, 2.75) is 142 Å². The van der Waals surface area contributed by atoms with Crippen LogP contribution in [0.3, 0.4) is 0 Å². The van der Waals surface area contributed by atoms with Gasteiger partial charge in [0.2, 0.25) is 0 Å². The van der Waals surface area contributed by atoms with Crippen LogP contribution in [0.15, 0.2) is 60.7 Å². The van der Waals surface area contributed by atoms with Gasteiger partial charge in [0.05, 0.1) is 43.0 Å². The molecule has 0 radical (unpaired) electrons. The van der Waals surface area contributed by atoms with Gasteiger partial charge in [-0.15, -0.1) is 0 Å².